The summed E-state index contributed by atoms with van der Waals surface area (Å²) >= 11 is 0. The van der Waals surface area contributed by atoms with E-state index in [2.05, 4.69) is 6.92 Å². The van der Waals surface area contributed by atoms with Crippen LogP contribution in [0, 0.1) is 17.7 Å². The highest BCUT2D eigenvalue weighted by atomic mass is 19.1. The topological polar surface area (TPSA) is 39.4 Å². The van der Waals surface area contributed by atoms with Crippen LogP contribution >= 0.6 is 0 Å². The van der Waals surface area contributed by atoms with Crippen LogP contribution in [-0.4, -0.2) is 6.61 Å². The number of fused-ring (bicyclic) bond motifs is 1. The fourth-order valence-electron chi connectivity index (χ4n) is 5.03. The standard InChI is InChI=1S/C27H39FO3/c1-3-5-6-7-8-9-10-20-11-13-21(14-12-20)15-17-23-19-22-16-18-24(30-4-2)26(28)25(22)27(29)31-23/h16,18-21H,3-15,17H2,1-2H3. The molecular formula is C27H39FO3. The van der Waals surface area contributed by atoms with Crippen LogP contribution < -0.4 is 10.4 Å². The van der Waals surface area contributed by atoms with Gasteiger partial charge in [-0.15, -0.1) is 0 Å². The number of halogens is 1. The minimum absolute atomic E-state index is 0.00935. The maximum absolute atomic E-state index is 14.5. The lowest BCUT2D eigenvalue weighted by Crippen LogP contribution is -2.15. The van der Waals surface area contributed by atoms with E-state index in [4.69, 9.17) is 9.15 Å². The van der Waals surface area contributed by atoms with Crippen LogP contribution in [0.3, 0.4) is 0 Å². The molecule has 0 aliphatic heterocycles. The Morgan fingerprint density at radius 3 is 2.35 bits per heavy atom. The van der Waals surface area contributed by atoms with Gasteiger partial charge < -0.3 is 9.15 Å². The van der Waals surface area contributed by atoms with Crippen molar-refractivity contribution in [2.45, 2.75) is 97.3 Å². The summed E-state index contributed by atoms with van der Waals surface area (Å²) in [5.74, 6) is 1.76. The molecule has 1 aliphatic rings. The summed E-state index contributed by atoms with van der Waals surface area (Å²) in [5, 5.41) is 0.583. The van der Waals surface area contributed by atoms with Gasteiger partial charge in [-0.1, -0.05) is 83.6 Å². The minimum Gasteiger partial charge on any atom is -0.491 e. The van der Waals surface area contributed by atoms with Crippen molar-refractivity contribution < 1.29 is 13.5 Å². The lowest BCUT2D eigenvalue weighted by molar-refractivity contribution is 0.245. The van der Waals surface area contributed by atoms with E-state index < -0.39 is 11.4 Å². The molecule has 0 amide bonds. The van der Waals surface area contributed by atoms with Gasteiger partial charge in [-0.2, -0.15) is 0 Å². The Hall–Kier alpha value is -1.84. The van der Waals surface area contributed by atoms with Gasteiger partial charge in [0, 0.05) is 6.42 Å². The first-order valence-electron chi connectivity index (χ1n) is 12.5. The molecule has 1 aliphatic carbocycles. The molecule has 31 heavy (non-hydrogen) atoms. The molecule has 2 aromatic rings. The van der Waals surface area contributed by atoms with Crippen LogP contribution in [0.4, 0.5) is 4.39 Å². The summed E-state index contributed by atoms with van der Waals surface area (Å²) in [6.07, 6.45) is 16.7. The Balaban J connectivity index is 1.45. The molecule has 0 spiro atoms. The van der Waals surface area contributed by atoms with Crippen LogP contribution in [0.25, 0.3) is 10.8 Å². The van der Waals surface area contributed by atoms with Crippen LogP contribution in [-0.2, 0) is 6.42 Å². The van der Waals surface area contributed by atoms with Crippen molar-refractivity contribution in [1.29, 1.82) is 0 Å². The van der Waals surface area contributed by atoms with Crippen molar-refractivity contribution in [1.82, 2.24) is 0 Å². The quantitative estimate of drug-likeness (QED) is 0.322. The monoisotopic (exact) mass is 430 g/mol. The first-order chi connectivity index (χ1) is 15.1. The zero-order chi connectivity index (χ0) is 22.1. The van der Waals surface area contributed by atoms with Gasteiger partial charge in [-0.3, -0.25) is 0 Å². The molecule has 0 bridgehead atoms. The highest BCUT2D eigenvalue weighted by Crippen LogP contribution is 2.34. The summed E-state index contributed by atoms with van der Waals surface area (Å²) < 4.78 is 25.3. The average Bonchev–Trinajstić information content (AvgIpc) is 2.77. The van der Waals surface area contributed by atoms with Crippen LogP contribution in [0.5, 0.6) is 5.75 Å². The zero-order valence-electron chi connectivity index (χ0n) is 19.4. The van der Waals surface area contributed by atoms with Gasteiger partial charge in [0.1, 0.15) is 11.1 Å². The largest absolute Gasteiger partial charge is 0.491 e. The van der Waals surface area contributed by atoms with Crippen molar-refractivity contribution in [3.8, 4) is 5.75 Å². The van der Waals surface area contributed by atoms with E-state index >= 15 is 0 Å². The van der Waals surface area contributed by atoms with Crippen molar-refractivity contribution in [2.75, 3.05) is 6.61 Å². The van der Waals surface area contributed by atoms with Crippen molar-refractivity contribution in [2.24, 2.45) is 11.8 Å². The molecule has 0 saturated heterocycles. The summed E-state index contributed by atoms with van der Waals surface area (Å²) in [4.78, 5) is 12.4. The summed E-state index contributed by atoms with van der Waals surface area (Å²) in [6.45, 7) is 4.41. The van der Waals surface area contributed by atoms with E-state index in [-0.39, 0.29) is 11.1 Å². The highest BCUT2D eigenvalue weighted by Gasteiger charge is 2.21. The average molecular weight is 431 g/mol. The number of benzene rings is 1. The van der Waals surface area contributed by atoms with E-state index in [1.165, 1.54) is 70.6 Å². The Labute approximate surface area is 186 Å². The molecule has 3 nitrogen and oxygen atoms in total. The molecule has 4 heteroatoms. The maximum atomic E-state index is 14.5. The highest BCUT2D eigenvalue weighted by molar-refractivity contribution is 5.83. The lowest BCUT2D eigenvalue weighted by atomic mass is 9.78. The number of rotatable bonds is 12. The number of ether oxygens (including phenoxy) is 1. The molecule has 1 heterocycles. The second-order valence-electron chi connectivity index (χ2n) is 9.26. The maximum Gasteiger partial charge on any atom is 0.346 e. The van der Waals surface area contributed by atoms with Crippen LogP contribution in [0.15, 0.2) is 27.4 Å². The van der Waals surface area contributed by atoms with E-state index in [1.807, 2.05) is 6.07 Å². The summed E-state index contributed by atoms with van der Waals surface area (Å²) in [6, 6.07) is 5.16. The van der Waals surface area contributed by atoms with Gasteiger partial charge in [0.25, 0.3) is 0 Å². The van der Waals surface area contributed by atoms with E-state index in [0.29, 0.717) is 23.7 Å². The predicted molar refractivity (Wildman–Crippen MR) is 125 cm³/mol. The second kappa shape index (κ2) is 12.3. The Kier molecular flexibility index (Phi) is 9.42. The molecule has 0 N–H and O–H groups in total. The SMILES string of the molecule is CCCCCCCCC1CCC(CCc2cc3ccc(OCC)c(F)c3c(=O)o2)CC1. The van der Waals surface area contributed by atoms with Gasteiger partial charge in [-0.05, 0) is 42.7 Å². The van der Waals surface area contributed by atoms with Crippen molar-refractivity contribution in [3.63, 3.8) is 0 Å². The number of hydrogen-bond donors (Lipinski definition) is 0. The molecule has 0 radical (unpaired) electrons. The smallest absolute Gasteiger partial charge is 0.346 e. The number of hydrogen-bond acceptors (Lipinski definition) is 3. The zero-order valence-corrected chi connectivity index (χ0v) is 19.4. The van der Waals surface area contributed by atoms with Crippen molar-refractivity contribution >= 4 is 10.8 Å². The molecule has 1 fully saturated rings. The lowest BCUT2D eigenvalue weighted by Gasteiger charge is -2.28. The van der Waals surface area contributed by atoms with Crippen molar-refractivity contribution in [3.05, 3.63) is 40.2 Å². The predicted octanol–water partition coefficient (Wildman–Crippen LogP) is 7.82. The normalized spacial score (nSPS) is 19.1. The fourth-order valence-corrected chi connectivity index (χ4v) is 5.03. The Morgan fingerprint density at radius 2 is 1.65 bits per heavy atom. The second-order valence-corrected chi connectivity index (χ2v) is 9.26. The van der Waals surface area contributed by atoms with Gasteiger partial charge >= 0.3 is 5.63 Å². The fraction of sp³-hybridized carbons (Fsp3) is 0.667. The first kappa shape index (κ1) is 23.8. The van der Waals surface area contributed by atoms with Gasteiger partial charge in [0.15, 0.2) is 11.6 Å². The molecular weight excluding hydrogens is 391 g/mol. The van der Waals surface area contributed by atoms with Gasteiger partial charge in [0.05, 0.1) is 6.61 Å². The molecule has 3 rings (SSSR count). The third kappa shape index (κ3) is 6.82. The van der Waals surface area contributed by atoms with Gasteiger partial charge in [0.2, 0.25) is 0 Å². The summed E-state index contributed by atoms with van der Waals surface area (Å²) in [7, 11) is 0. The summed E-state index contributed by atoms with van der Waals surface area (Å²) in [5.41, 5.74) is -0.603. The minimum atomic E-state index is -0.622. The molecule has 1 aromatic heterocycles. The third-order valence-corrected chi connectivity index (χ3v) is 6.91. The van der Waals surface area contributed by atoms with Crippen LogP contribution in [0.2, 0.25) is 0 Å². The third-order valence-electron chi connectivity index (χ3n) is 6.91. The Morgan fingerprint density at radius 1 is 0.968 bits per heavy atom. The first-order valence-corrected chi connectivity index (χ1v) is 12.5. The van der Waals surface area contributed by atoms with Crippen LogP contribution in [0.1, 0.15) is 96.7 Å². The van der Waals surface area contributed by atoms with Gasteiger partial charge in [-0.25, -0.2) is 9.18 Å². The molecule has 0 unspecified atom stereocenters. The molecule has 0 atom stereocenters. The molecule has 1 saturated carbocycles. The Bertz CT molecular complexity index is 865. The molecule has 172 valence electrons. The van der Waals surface area contributed by atoms with E-state index in [0.717, 1.165) is 18.8 Å². The molecule has 1 aromatic carbocycles. The van der Waals surface area contributed by atoms with E-state index in [9.17, 15) is 9.18 Å². The number of unbranched alkanes of at least 4 members (excludes halogenated alkanes) is 5. The number of aryl methyl sites for hydroxylation is 1. The van der Waals surface area contributed by atoms with E-state index in [1.54, 1.807) is 19.1 Å².